The number of rotatable bonds is 4. The van der Waals surface area contributed by atoms with Gasteiger partial charge in [0.05, 0.1) is 11.8 Å². The van der Waals surface area contributed by atoms with Gasteiger partial charge < -0.3 is 14.3 Å². The molecule has 2 aliphatic heterocycles. The van der Waals surface area contributed by atoms with Crippen LogP contribution >= 0.6 is 15.9 Å². The Morgan fingerprint density at radius 3 is 2.63 bits per heavy atom. The molecule has 2 amide bonds. The minimum absolute atomic E-state index is 0.0138. The first-order valence-electron chi connectivity index (χ1n) is 9.82. The van der Waals surface area contributed by atoms with Gasteiger partial charge in [-0.15, -0.1) is 0 Å². The van der Waals surface area contributed by atoms with Gasteiger partial charge in [0, 0.05) is 41.8 Å². The number of benzene rings is 2. The number of amides is 2. The van der Waals surface area contributed by atoms with Crippen LogP contribution in [-0.2, 0) is 9.59 Å². The predicted octanol–water partition coefficient (Wildman–Crippen LogP) is 3.48. The van der Waals surface area contributed by atoms with Crippen LogP contribution in [0.25, 0.3) is 11.4 Å². The van der Waals surface area contributed by atoms with Crippen LogP contribution in [0.1, 0.15) is 18.2 Å². The molecular weight excluding hydrogens is 448 g/mol. The summed E-state index contributed by atoms with van der Waals surface area (Å²) in [4.78, 5) is 33.3. The fourth-order valence-electron chi connectivity index (χ4n) is 3.94. The smallest absolute Gasteiger partial charge is 0.233 e. The maximum absolute atomic E-state index is 12.9. The zero-order chi connectivity index (χ0) is 20.7. The second-order valence-corrected chi connectivity index (χ2v) is 8.56. The van der Waals surface area contributed by atoms with Crippen molar-refractivity contribution >= 4 is 33.4 Å². The van der Waals surface area contributed by atoms with E-state index in [9.17, 15) is 9.59 Å². The van der Waals surface area contributed by atoms with Gasteiger partial charge in [0.2, 0.25) is 23.5 Å². The quantitative estimate of drug-likeness (QED) is 0.587. The molecule has 30 heavy (non-hydrogen) atoms. The molecule has 1 unspecified atom stereocenters. The SMILES string of the molecule is O=C(C1CC(=O)N(c2cccc(Br)c2)C1)N1CC(c2nc(-c3ccccc3)no2)C1. The van der Waals surface area contributed by atoms with E-state index in [2.05, 4.69) is 26.1 Å². The lowest BCUT2D eigenvalue weighted by Gasteiger charge is -2.38. The van der Waals surface area contributed by atoms with Crippen LogP contribution in [0.5, 0.6) is 0 Å². The van der Waals surface area contributed by atoms with E-state index in [1.807, 2.05) is 54.6 Å². The highest BCUT2D eigenvalue weighted by molar-refractivity contribution is 9.10. The summed E-state index contributed by atoms with van der Waals surface area (Å²) in [5.74, 6) is 0.822. The van der Waals surface area contributed by atoms with Gasteiger partial charge in [-0.25, -0.2) is 0 Å². The summed E-state index contributed by atoms with van der Waals surface area (Å²) < 4.78 is 6.32. The molecule has 0 aliphatic carbocycles. The standard InChI is InChI=1S/C22H19BrN4O3/c23-17-7-4-8-18(10-17)27-13-15(9-19(27)28)22(29)26-11-16(12-26)21-24-20(25-30-21)14-5-2-1-3-6-14/h1-8,10,15-16H,9,11-13H2. The third-order valence-electron chi connectivity index (χ3n) is 5.61. The summed E-state index contributed by atoms with van der Waals surface area (Å²) in [5, 5.41) is 4.05. The van der Waals surface area contributed by atoms with Crippen molar-refractivity contribution in [3.63, 3.8) is 0 Å². The number of carbonyl (C=O) groups is 2. The monoisotopic (exact) mass is 466 g/mol. The normalized spacial score (nSPS) is 19.2. The molecule has 5 rings (SSSR count). The summed E-state index contributed by atoms with van der Waals surface area (Å²) in [6, 6.07) is 17.2. The molecule has 2 fully saturated rings. The Hall–Kier alpha value is -3.00. The first-order chi connectivity index (χ1) is 14.6. The van der Waals surface area contributed by atoms with Gasteiger partial charge in [0.1, 0.15) is 0 Å². The first kappa shape index (κ1) is 19.0. The minimum atomic E-state index is -0.319. The summed E-state index contributed by atoms with van der Waals surface area (Å²) >= 11 is 3.43. The molecular formula is C22H19BrN4O3. The molecule has 0 radical (unpaired) electrons. The molecule has 0 bridgehead atoms. The van der Waals surface area contributed by atoms with Crippen LogP contribution in [0.4, 0.5) is 5.69 Å². The summed E-state index contributed by atoms with van der Waals surface area (Å²) in [6.07, 6.45) is 0.241. The molecule has 2 saturated heterocycles. The van der Waals surface area contributed by atoms with E-state index in [1.165, 1.54) is 0 Å². The lowest BCUT2D eigenvalue weighted by atomic mass is 9.96. The number of carbonyl (C=O) groups excluding carboxylic acids is 2. The maximum Gasteiger partial charge on any atom is 0.233 e. The van der Waals surface area contributed by atoms with E-state index < -0.39 is 0 Å². The average Bonchev–Trinajstić information content (AvgIpc) is 3.35. The highest BCUT2D eigenvalue weighted by Crippen LogP contribution is 2.32. The lowest BCUT2D eigenvalue weighted by molar-refractivity contribution is -0.140. The first-order valence-corrected chi connectivity index (χ1v) is 10.6. The van der Waals surface area contributed by atoms with Crippen LogP contribution in [0.15, 0.2) is 63.6 Å². The van der Waals surface area contributed by atoms with Crippen molar-refractivity contribution < 1.29 is 14.1 Å². The molecule has 3 heterocycles. The fourth-order valence-corrected chi connectivity index (χ4v) is 4.33. The largest absolute Gasteiger partial charge is 0.341 e. The van der Waals surface area contributed by atoms with Crippen molar-refractivity contribution in [1.29, 1.82) is 0 Å². The van der Waals surface area contributed by atoms with Crippen LogP contribution < -0.4 is 4.90 Å². The molecule has 0 N–H and O–H groups in total. The van der Waals surface area contributed by atoms with Crippen LogP contribution in [0, 0.1) is 5.92 Å². The number of anilines is 1. The van der Waals surface area contributed by atoms with E-state index in [4.69, 9.17) is 4.52 Å². The number of aromatic nitrogens is 2. The molecule has 0 spiro atoms. The molecule has 1 atom stereocenters. The Morgan fingerprint density at radius 1 is 1.07 bits per heavy atom. The van der Waals surface area contributed by atoms with E-state index in [0.717, 1.165) is 15.7 Å². The summed E-state index contributed by atoms with van der Waals surface area (Å²) in [5.41, 5.74) is 1.71. The molecule has 3 aromatic rings. The Morgan fingerprint density at radius 2 is 1.87 bits per heavy atom. The Labute approximate surface area is 181 Å². The van der Waals surface area contributed by atoms with Gasteiger partial charge in [-0.2, -0.15) is 4.98 Å². The summed E-state index contributed by atoms with van der Waals surface area (Å²) in [7, 11) is 0. The predicted molar refractivity (Wildman–Crippen MR) is 114 cm³/mol. The molecule has 2 aliphatic rings. The van der Waals surface area contributed by atoms with Crippen LogP contribution in [0.2, 0.25) is 0 Å². The molecule has 7 nitrogen and oxygen atoms in total. The van der Waals surface area contributed by atoms with Crippen molar-refractivity contribution in [1.82, 2.24) is 15.0 Å². The molecule has 0 saturated carbocycles. The highest BCUT2D eigenvalue weighted by atomic mass is 79.9. The zero-order valence-corrected chi connectivity index (χ0v) is 17.7. The van der Waals surface area contributed by atoms with Crippen LogP contribution in [0.3, 0.4) is 0 Å². The number of likely N-dealkylation sites (tertiary alicyclic amines) is 1. The Bertz CT molecular complexity index is 1090. The maximum atomic E-state index is 12.9. The van der Waals surface area contributed by atoms with E-state index in [1.54, 1.807) is 9.80 Å². The van der Waals surface area contributed by atoms with Crippen molar-refractivity contribution in [3.8, 4) is 11.4 Å². The van der Waals surface area contributed by atoms with Gasteiger partial charge in [-0.1, -0.05) is 57.5 Å². The molecule has 152 valence electrons. The van der Waals surface area contributed by atoms with Gasteiger partial charge in [-0.3, -0.25) is 9.59 Å². The number of halogens is 1. The third kappa shape index (κ3) is 3.52. The van der Waals surface area contributed by atoms with Gasteiger partial charge in [0.15, 0.2) is 0 Å². The fraction of sp³-hybridized carbons (Fsp3) is 0.273. The topological polar surface area (TPSA) is 79.5 Å². The molecule has 1 aromatic heterocycles. The van der Waals surface area contributed by atoms with Crippen molar-refractivity contribution in [3.05, 3.63) is 65.0 Å². The van der Waals surface area contributed by atoms with Crippen LogP contribution in [-0.4, -0.2) is 46.5 Å². The number of nitrogens with zero attached hydrogens (tertiary/aromatic N) is 4. The Kier molecular flexibility index (Phi) is 4.86. The van der Waals surface area contributed by atoms with Gasteiger partial charge >= 0.3 is 0 Å². The molecule has 2 aromatic carbocycles. The Balaban J connectivity index is 1.20. The molecule has 8 heteroatoms. The number of hydrogen-bond acceptors (Lipinski definition) is 5. The second kappa shape index (κ2) is 7.68. The van der Waals surface area contributed by atoms with E-state index >= 15 is 0 Å². The zero-order valence-electron chi connectivity index (χ0n) is 16.1. The lowest BCUT2D eigenvalue weighted by Crippen LogP contribution is -2.51. The second-order valence-electron chi connectivity index (χ2n) is 7.65. The number of hydrogen-bond donors (Lipinski definition) is 0. The van der Waals surface area contributed by atoms with Crippen molar-refractivity contribution in [2.75, 3.05) is 24.5 Å². The van der Waals surface area contributed by atoms with Gasteiger partial charge in [-0.05, 0) is 18.2 Å². The van der Waals surface area contributed by atoms with E-state index in [0.29, 0.717) is 31.3 Å². The van der Waals surface area contributed by atoms with Crippen molar-refractivity contribution in [2.24, 2.45) is 5.92 Å². The summed E-state index contributed by atoms with van der Waals surface area (Å²) in [6.45, 7) is 1.49. The van der Waals surface area contributed by atoms with Gasteiger partial charge in [0.25, 0.3) is 0 Å². The van der Waals surface area contributed by atoms with E-state index in [-0.39, 0.29) is 30.1 Å². The van der Waals surface area contributed by atoms with Crippen molar-refractivity contribution in [2.45, 2.75) is 12.3 Å². The minimum Gasteiger partial charge on any atom is -0.341 e. The highest BCUT2D eigenvalue weighted by Gasteiger charge is 2.42. The average molecular weight is 467 g/mol. The third-order valence-corrected chi connectivity index (χ3v) is 6.10.